The van der Waals surface area contributed by atoms with Crippen LogP contribution in [0.25, 0.3) is 0 Å². The molecule has 4 heteroatoms. The van der Waals surface area contributed by atoms with Crippen molar-refractivity contribution in [3.05, 3.63) is 0 Å². The Bertz CT molecular complexity index is 118. The Labute approximate surface area is 50.8 Å². The predicted molar refractivity (Wildman–Crippen MR) is 35.1 cm³/mol. The van der Waals surface area contributed by atoms with Crippen molar-refractivity contribution in [2.24, 2.45) is 0 Å². The van der Waals surface area contributed by atoms with Gasteiger partial charge in [0.25, 0.3) is 0 Å². The molecule has 1 aliphatic heterocycles. The maximum absolute atomic E-state index is 10.4. The maximum Gasteiger partial charge on any atom is 0.315 e. The predicted octanol–water partition coefficient (Wildman–Crippen LogP) is -1.68. The van der Waals surface area contributed by atoms with Crippen LogP contribution in [0.15, 0.2) is 0 Å². The van der Waals surface area contributed by atoms with E-state index in [4.69, 9.17) is 0 Å². The molecule has 0 aromatic carbocycles. The number of carbonyl (C=O) groups excluding carboxylic acids is 2. The van der Waals surface area contributed by atoms with Crippen molar-refractivity contribution in [1.29, 1.82) is 0 Å². The average molecular weight is 134 g/mol. The summed E-state index contributed by atoms with van der Waals surface area (Å²) in [6, 6.07) is 0. The Morgan fingerprint density at radius 2 is 2.25 bits per heavy atom. The summed E-state index contributed by atoms with van der Waals surface area (Å²) in [5, 5.41) is 3.26. The van der Waals surface area contributed by atoms with Gasteiger partial charge >= 0.3 is 5.91 Å². The smallest absolute Gasteiger partial charge is 0.280 e. The molecule has 0 spiro atoms. The third kappa shape index (κ3) is 1.01. The normalized spacial score (nSPS) is 21.5. The highest BCUT2D eigenvalue weighted by molar-refractivity contribution is 8.15. The molecule has 0 N–H and O–H groups in total. The lowest BCUT2D eigenvalue weighted by Gasteiger charge is -2.08. The lowest BCUT2D eigenvalue weighted by Crippen LogP contribution is -2.29. The molecular formula is C4H8NO2S. The van der Waals surface area contributed by atoms with Crippen molar-refractivity contribution >= 4 is 22.8 Å². The van der Waals surface area contributed by atoms with E-state index in [1.165, 1.54) is 0 Å². The fraction of sp³-hybridized carbons (Fsp3) is 0.500. The van der Waals surface area contributed by atoms with Crippen molar-refractivity contribution in [2.45, 2.75) is 0 Å². The first kappa shape index (κ1) is 5.62. The van der Waals surface area contributed by atoms with E-state index < -0.39 is 17.7 Å². The monoisotopic (exact) mass is 134 g/mol. The van der Waals surface area contributed by atoms with Crippen LogP contribution in [0.4, 0.5) is 0 Å². The second kappa shape index (κ2) is 2.17. The number of nitrogens with zero attached hydrogens (tertiary/aromatic N) is 1. The van der Waals surface area contributed by atoms with Gasteiger partial charge in [0, 0.05) is 6.54 Å². The Morgan fingerprint density at radius 1 is 1.50 bits per heavy atom. The van der Waals surface area contributed by atoms with Crippen molar-refractivity contribution in [3.63, 3.8) is 0 Å². The van der Waals surface area contributed by atoms with Gasteiger partial charge in [-0.25, -0.2) is 17.1 Å². The summed E-state index contributed by atoms with van der Waals surface area (Å²) in [4.78, 5) is 20.7. The summed E-state index contributed by atoms with van der Waals surface area (Å²) < 4.78 is 0. The van der Waals surface area contributed by atoms with Gasteiger partial charge in [0.15, 0.2) is 0 Å². The number of hydrogen-bond donors (Lipinski definition) is 0. The summed E-state index contributed by atoms with van der Waals surface area (Å²) in [6.07, 6.45) is 0. The summed E-state index contributed by atoms with van der Waals surface area (Å²) >= 11 is -0.697. The van der Waals surface area contributed by atoms with Gasteiger partial charge in [0.2, 0.25) is 5.12 Å². The minimum atomic E-state index is -0.697. The van der Waals surface area contributed by atoms with Crippen LogP contribution in [0.2, 0.25) is 0 Å². The Morgan fingerprint density at radius 3 is 2.62 bits per heavy atom. The summed E-state index contributed by atoms with van der Waals surface area (Å²) in [5.41, 5.74) is 0. The molecule has 1 saturated heterocycles. The zero-order valence-electron chi connectivity index (χ0n) is 4.39. The molecule has 0 bridgehead atoms. The standard InChI is InChI=1S/C4H8NO2S/c6-3-4(7)8-2-1-5-3/h1-2H2,8H4. The average Bonchev–Trinajstić information content (AvgIpc) is 1.77. The zero-order chi connectivity index (χ0) is 5.98. The van der Waals surface area contributed by atoms with Gasteiger partial charge in [0.05, 0.1) is 0 Å². The van der Waals surface area contributed by atoms with Crippen LogP contribution in [0, 0.1) is 0 Å². The van der Waals surface area contributed by atoms with Crippen LogP contribution in [-0.2, 0) is 9.59 Å². The number of hydrogen-bond acceptors (Lipinski definition) is 2. The molecular weight excluding hydrogens is 126 g/mol. The Balaban J connectivity index is 2.52. The molecule has 47 valence electrons. The van der Waals surface area contributed by atoms with E-state index in [1.807, 2.05) is 0 Å². The molecule has 0 unspecified atom stereocenters. The van der Waals surface area contributed by atoms with E-state index in [2.05, 4.69) is 5.32 Å². The Kier molecular flexibility index (Phi) is 1.53. The lowest BCUT2D eigenvalue weighted by atomic mass is 10.6. The van der Waals surface area contributed by atoms with Gasteiger partial charge in [0.1, 0.15) is 0 Å². The molecule has 0 saturated carbocycles. The molecule has 1 aliphatic rings. The fourth-order valence-electron chi connectivity index (χ4n) is 0.615. The summed E-state index contributed by atoms with van der Waals surface area (Å²) in [6.45, 7) is 0.594. The molecule has 8 heavy (non-hydrogen) atoms. The molecule has 0 aromatic rings. The fourth-order valence-corrected chi connectivity index (χ4v) is 1.58. The van der Waals surface area contributed by atoms with Crippen molar-refractivity contribution < 1.29 is 9.59 Å². The molecule has 1 heterocycles. The van der Waals surface area contributed by atoms with Gasteiger partial charge in [-0.3, -0.25) is 9.59 Å². The van der Waals surface area contributed by atoms with Gasteiger partial charge in [-0.05, 0) is 5.75 Å². The van der Waals surface area contributed by atoms with Crippen LogP contribution in [0.5, 0.6) is 0 Å². The molecule has 0 aliphatic carbocycles. The van der Waals surface area contributed by atoms with Gasteiger partial charge in [-0.15, -0.1) is 0 Å². The molecule has 0 aromatic heterocycles. The van der Waals surface area contributed by atoms with Gasteiger partial charge in [-0.1, -0.05) is 0 Å². The van der Waals surface area contributed by atoms with Crippen molar-refractivity contribution in [2.75, 3.05) is 12.3 Å². The second-order valence-electron chi connectivity index (χ2n) is 1.71. The van der Waals surface area contributed by atoms with Crippen molar-refractivity contribution in [3.8, 4) is 0 Å². The number of amides is 1. The maximum atomic E-state index is 10.4. The largest absolute Gasteiger partial charge is 0.315 e. The van der Waals surface area contributed by atoms with Gasteiger partial charge < -0.3 is 0 Å². The first-order valence-electron chi connectivity index (χ1n) is 2.55. The second-order valence-corrected chi connectivity index (χ2v) is 3.56. The topological polar surface area (TPSA) is 48.2 Å². The third-order valence-electron chi connectivity index (χ3n) is 1.06. The molecule has 1 rings (SSSR count). The van der Waals surface area contributed by atoms with E-state index in [9.17, 15) is 9.59 Å². The van der Waals surface area contributed by atoms with Crippen LogP contribution in [-0.4, -0.2) is 23.3 Å². The van der Waals surface area contributed by atoms with Crippen LogP contribution >= 0.6 is 11.8 Å². The quantitative estimate of drug-likeness (QED) is 0.371. The zero-order valence-corrected chi connectivity index (χ0v) is 5.80. The van der Waals surface area contributed by atoms with Crippen LogP contribution in [0.3, 0.4) is 0 Å². The first-order valence-corrected chi connectivity index (χ1v) is 4.26. The molecule has 0 atom stereocenters. The van der Waals surface area contributed by atoms with Crippen LogP contribution < -0.4 is 5.32 Å². The van der Waals surface area contributed by atoms with E-state index in [0.29, 0.717) is 6.54 Å². The SMILES string of the molecule is O=C1[N]CC[SH4]C1=O. The highest BCUT2D eigenvalue weighted by Crippen LogP contribution is 2.05. The number of rotatable bonds is 0. The van der Waals surface area contributed by atoms with Gasteiger partial charge in [-0.2, -0.15) is 0 Å². The lowest BCUT2D eigenvalue weighted by molar-refractivity contribution is -0.133. The van der Waals surface area contributed by atoms with Crippen molar-refractivity contribution in [1.82, 2.24) is 5.32 Å². The molecule has 1 amide bonds. The highest BCUT2D eigenvalue weighted by atomic mass is 32.2. The summed E-state index contributed by atoms with van der Waals surface area (Å²) in [7, 11) is 0. The minimum Gasteiger partial charge on any atom is -0.280 e. The molecule has 3 nitrogen and oxygen atoms in total. The molecule has 1 fully saturated rings. The van der Waals surface area contributed by atoms with E-state index in [-0.39, 0.29) is 5.12 Å². The third-order valence-corrected chi connectivity index (χ3v) is 2.48. The van der Waals surface area contributed by atoms with E-state index in [1.54, 1.807) is 0 Å². The highest BCUT2D eigenvalue weighted by Gasteiger charge is 2.15. The van der Waals surface area contributed by atoms with E-state index in [0.717, 1.165) is 5.75 Å². The number of carbonyl (C=O) groups is 2. The Hall–Kier alpha value is -0.510. The van der Waals surface area contributed by atoms with Crippen LogP contribution in [0.1, 0.15) is 0 Å². The minimum absolute atomic E-state index is 0.198. The summed E-state index contributed by atoms with van der Waals surface area (Å²) in [5.74, 6) is 0.396. The van der Waals surface area contributed by atoms with E-state index >= 15 is 0 Å². The molecule has 1 radical (unpaired) electrons. The first-order chi connectivity index (χ1) is 3.80.